The van der Waals surface area contributed by atoms with E-state index in [4.69, 9.17) is 0 Å². The number of para-hydroxylation sites is 1. The van der Waals surface area contributed by atoms with Gasteiger partial charge in [-0.05, 0) is 43.2 Å². The highest BCUT2D eigenvalue weighted by atomic mass is 32.2. The molecule has 0 amide bonds. The number of hydrogen-bond donors (Lipinski definition) is 0. The van der Waals surface area contributed by atoms with Crippen molar-refractivity contribution >= 4 is 15.9 Å². The van der Waals surface area contributed by atoms with Crippen LogP contribution in [0.4, 0.5) is 5.69 Å². The number of aryl methyl sites for hydroxylation is 1. The Balaban J connectivity index is 1.47. The standard InChI is InChI=1S/C27H41N5O2S/c1-29-19-25(28-22-29)20-32-26(15-14-23-10-4-5-11-23)21-31(18-24-12-6-7-13-27(24)32)35(33,34)30-16-8-2-3-9-17-30/h6-7,12-13,19,22-23,26H,2-5,8-11,14-18,20-21H2,1H3/t26-/m1/s1. The summed E-state index contributed by atoms with van der Waals surface area (Å²) < 4.78 is 33.4. The number of benzene rings is 1. The largest absolute Gasteiger partial charge is 0.361 e. The first-order valence-electron chi connectivity index (χ1n) is 13.6. The lowest BCUT2D eigenvalue weighted by atomic mass is 9.97. The molecule has 0 N–H and O–H groups in total. The van der Waals surface area contributed by atoms with E-state index in [1.165, 1.54) is 32.1 Å². The molecule has 0 spiro atoms. The van der Waals surface area contributed by atoms with Crippen molar-refractivity contribution in [1.29, 1.82) is 0 Å². The van der Waals surface area contributed by atoms with Crippen LogP contribution < -0.4 is 4.90 Å². The molecule has 1 saturated carbocycles. The molecule has 192 valence electrons. The molecule has 3 heterocycles. The van der Waals surface area contributed by atoms with E-state index in [-0.39, 0.29) is 6.04 Å². The number of nitrogens with zero attached hydrogens (tertiary/aromatic N) is 5. The number of imidazole rings is 1. The van der Waals surface area contributed by atoms with Crippen LogP contribution in [0.1, 0.15) is 75.5 Å². The first kappa shape index (κ1) is 24.8. The van der Waals surface area contributed by atoms with Crippen molar-refractivity contribution in [3.63, 3.8) is 0 Å². The van der Waals surface area contributed by atoms with Gasteiger partial charge in [-0.25, -0.2) is 4.98 Å². The monoisotopic (exact) mass is 499 g/mol. The Kier molecular flexibility index (Phi) is 7.80. The average Bonchev–Trinajstić information content (AvgIpc) is 3.38. The zero-order valence-electron chi connectivity index (χ0n) is 21.2. The van der Waals surface area contributed by atoms with Crippen molar-refractivity contribution in [2.24, 2.45) is 13.0 Å². The fraction of sp³-hybridized carbons (Fsp3) is 0.667. The maximum atomic E-state index is 13.9. The Hall–Kier alpha value is -1.90. The second-order valence-corrected chi connectivity index (χ2v) is 12.7. The number of anilines is 1. The van der Waals surface area contributed by atoms with E-state index < -0.39 is 10.2 Å². The Morgan fingerprint density at radius 3 is 2.40 bits per heavy atom. The van der Waals surface area contributed by atoms with Gasteiger partial charge in [0.05, 0.1) is 18.6 Å². The maximum Gasteiger partial charge on any atom is 0.282 e. The van der Waals surface area contributed by atoms with Crippen LogP contribution in [-0.4, -0.2) is 52.3 Å². The molecular weight excluding hydrogens is 458 g/mol. The van der Waals surface area contributed by atoms with Crippen LogP contribution >= 0.6 is 0 Å². The van der Waals surface area contributed by atoms with Crippen LogP contribution in [0.15, 0.2) is 36.8 Å². The molecular formula is C27H41N5O2S. The van der Waals surface area contributed by atoms with Gasteiger partial charge in [0.1, 0.15) is 0 Å². The third-order valence-electron chi connectivity index (χ3n) is 8.19. The minimum absolute atomic E-state index is 0.128. The summed E-state index contributed by atoms with van der Waals surface area (Å²) in [7, 11) is -1.52. The molecule has 5 rings (SSSR count). The molecule has 1 atom stereocenters. The van der Waals surface area contributed by atoms with Crippen LogP contribution in [0.3, 0.4) is 0 Å². The third-order valence-corrected chi connectivity index (χ3v) is 10.1. The van der Waals surface area contributed by atoms with Crippen molar-refractivity contribution in [2.45, 2.75) is 83.3 Å². The molecule has 1 aromatic carbocycles. The smallest absolute Gasteiger partial charge is 0.282 e. The SMILES string of the molecule is Cn1cnc(CN2c3ccccc3CN(S(=O)(=O)N3CCCCCC3)C[C@H]2CCC2CCCC2)c1. The van der Waals surface area contributed by atoms with Crippen LogP contribution in [0.25, 0.3) is 0 Å². The Bertz CT molecular complexity index is 1070. The van der Waals surface area contributed by atoms with Gasteiger partial charge in [0.25, 0.3) is 10.2 Å². The predicted octanol–water partition coefficient (Wildman–Crippen LogP) is 4.70. The van der Waals surface area contributed by atoms with E-state index >= 15 is 0 Å². The lowest BCUT2D eigenvalue weighted by Gasteiger charge is -2.35. The molecule has 1 aliphatic carbocycles. The zero-order chi connectivity index (χ0) is 24.3. The predicted molar refractivity (Wildman–Crippen MR) is 140 cm³/mol. The normalized spacial score (nSPS) is 23.2. The summed E-state index contributed by atoms with van der Waals surface area (Å²) in [4.78, 5) is 7.07. The summed E-state index contributed by atoms with van der Waals surface area (Å²) in [5.74, 6) is 0.779. The van der Waals surface area contributed by atoms with E-state index in [1.807, 2.05) is 24.0 Å². The van der Waals surface area contributed by atoms with E-state index in [1.54, 1.807) is 8.61 Å². The van der Waals surface area contributed by atoms with Crippen LogP contribution in [0.2, 0.25) is 0 Å². The van der Waals surface area contributed by atoms with Crippen molar-refractivity contribution in [2.75, 3.05) is 24.5 Å². The summed E-state index contributed by atoms with van der Waals surface area (Å²) in [6.07, 6.45) is 15.6. The fourth-order valence-corrected chi connectivity index (χ4v) is 7.94. The lowest BCUT2D eigenvalue weighted by Crippen LogP contribution is -2.48. The highest BCUT2D eigenvalue weighted by Crippen LogP contribution is 2.35. The Morgan fingerprint density at radius 2 is 1.69 bits per heavy atom. The van der Waals surface area contributed by atoms with Gasteiger partial charge >= 0.3 is 0 Å². The molecule has 35 heavy (non-hydrogen) atoms. The van der Waals surface area contributed by atoms with Gasteiger partial charge in [-0.2, -0.15) is 17.0 Å². The summed E-state index contributed by atoms with van der Waals surface area (Å²) in [6.45, 7) is 2.96. The second kappa shape index (κ2) is 11.0. The number of fused-ring (bicyclic) bond motifs is 1. The molecule has 0 bridgehead atoms. The molecule has 2 aromatic rings. The Labute approximate surface area is 211 Å². The molecule has 8 heteroatoms. The van der Waals surface area contributed by atoms with Crippen LogP contribution in [-0.2, 0) is 30.3 Å². The minimum atomic E-state index is -3.52. The number of rotatable bonds is 7. The van der Waals surface area contributed by atoms with Gasteiger partial charge in [0.2, 0.25) is 0 Å². The molecule has 0 radical (unpaired) electrons. The quantitative estimate of drug-likeness (QED) is 0.554. The highest BCUT2D eigenvalue weighted by molar-refractivity contribution is 7.86. The van der Waals surface area contributed by atoms with Crippen molar-refractivity contribution in [3.8, 4) is 0 Å². The number of aromatic nitrogens is 2. The van der Waals surface area contributed by atoms with E-state index in [0.29, 0.717) is 32.7 Å². The summed E-state index contributed by atoms with van der Waals surface area (Å²) in [5.41, 5.74) is 3.27. The second-order valence-electron chi connectivity index (χ2n) is 10.8. The summed E-state index contributed by atoms with van der Waals surface area (Å²) >= 11 is 0. The van der Waals surface area contributed by atoms with Gasteiger partial charge in [-0.1, -0.05) is 56.7 Å². The lowest BCUT2D eigenvalue weighted by molar-refractivity contribution is 0.312. The molecule has 7 nitrogen and oxygen atoms in total. The van der Waals surface area contributed by atoms with E-state index in [9.17, 15) is 8.42 Å². The zero-order valence-corrected chi connectivity index (χ0v) is 22.0. The van der Waals surface area contributed by atoms with Gasteiger partial charge < -0.3 is 9.47 Å². The van der Waals surface area contributed by atoms with Gasteiger partial charge in [-0.15, -0.1) is 0 Å². The molecule has 0 unspecified atom stereocenters. The third kappa shape index (κ3) is 5.75. The first-order valence-corrected chi connectivity index (χ1v) is 15.0. The van der Waals surface area contributed by atoms with Crippen LogP contribution in [0.5, 0.6) is 0 Å². The molecule has 2 aliphatic heterocycles. The van der Waals surface area contributed by atoms with Gasteiger partial charge in [0, 0.05) is 51.2 Å². The van der Waals surface area contributed by atoms with E-state index in [0.717, 1.165) is 55.0 Å². The average molecular weight is 500 g/mol. The fourth-order valence-electron chi connectivity index (χ4n) is 6.23. The minimum Gasteiger partial charge on any atom is -0.361 e. The highest BCUT2D eigenvalue weighted by Gasteiger charge is 2.37. The molecule has 2 fully saturated rings. The summed E-state index contributed by atoms with van der Waals surface area (Å²) in [5, 5.41) is 0. The first-order chi connectivity index (χ1) is 17.0. The van der Waals surface area contributed by atoms with E-state index in [2.05, 4.69) is 34.3 Å². The van der Waals surface area contributed by atoms with Gasteiger partial charge in [-0.3, -0.25) is 0 Å². The topological polar surface area (TPSA) is 61.7 Å². The summed E-state index contributed by atoms with van der Waals surface area (Å²) in [6, 6.07) is 8.52. The van der Waals surface area contributed by atoms with Crippen molar-refractivity contribution in [3.05, 3.63) is 48.0 Å². The number of hydrogen-bond acceptors (Lipinski definition) is 4. The molecule has 3 aliphatic rings. The Morgan fingerprint density at radius 1 is 0.943 bits per heavy atom. The molecule has 1 saturated heterocycles. The van der Waals surface area contributed by atoms with Crippen molar-refractivity contribution < 1.29 is 8.42 Å². The maximum absolute atomic E-state index is 13.9. The van der Waals surface area contributed by atoms with Gasteiger partial charge in [0.15, 0.2) is 0 Å². The molecule has 1 aromatic heterocycles. The van der Waals surface area contributed by atoms with Crippen LogP contribution in [0, 0.1) is 5.92 Å². The van der Waals surface area contributed by atoms with Crippen molar-refractivity contribution in [1.82, 2.24) is 18.2 Å².